The van der Waals surface area contributed by atoms with E-state index in [0.29, 0.717) is 35.1 Å². The van der Waals surface area contributed by atoms with E-state index >= 15 is 0 Å². The molecule has 0 aliphatic heterocycles. The molecule has 160 valence electrons. The highest BCUT2D eigenvalue weighted by molar-refractivity contribution is 5.72. The Labute approximate surface area is 180 Å². The van der Waals surface area contributed by atoms with E-state index in [1.165, 1.54) is 14.7 Å². The third kappa shape index (κ3) is 3.91. The van der Waals surface area contributed by atoms with Gasteiger partial charge in [0.05, 0.1) is 18.6 Å². The molecule has 7 heteroatoms. The molecule has 0 atom stereocenters. The summed E-state index contributed by atoms with van der Waals surface area (Å²) in [5.74, 6) is 1.08. The number of para-hydroxylation sites is 1. The minimum atomic E-state index is -0.423. The predicted molar refractivity (Wildman–Crippen MR) is 121 cm³/mol. The van der Waals surface area contributed by atoms with Crippen molar-refractivity contribution in [1.82, 2.24) is 18.7 Å². The summed E-state index contributed by atoms with van der Waals surface area (Å²) < 4.78 is 10.2. The fourth-order valence-electron chi connectivity index (χ4n) is 3.63. The molecule has 0 amide bonds. The molecule has 31 heavy (non-hydrogen) atoms. The first-order valence-electron chi connectivity index (χ1n) is 10.5. The van der Waals surface area contributed by atoms with Gasteiger partial charge in [0.25, 0.3) is 5.56 Å². The summed E-state index contributed by atoms with van der Waals surface area (Å²) in [5.41, 5.74) is 1.86. The number of aromatic nitrogens is 4. The van der Waals surface area contributed by atoms with Crippen molar-refractivity contribution in [3.63, 3.8) is 0 Å². The van der Waals surface area contributed by atoms with Gasteiger partial charge in [0, 0.05) is 6.54 Å². The van der Waals surface area contributed by atoms with Crippen LogP contribution in [0.5, 0.6) is 5.75 Å². The van der Waals surface area contributed by atoms with E-state index in [-0.39, 0.29) is 18.7 Å². The topological polar surface area (TPSA) is 71.1 Å². The first-order valence-corrected chi connectivity index (χ1v) is 10.5. The quantitative estimate of drug-likeness (QED) is 0.460. The number of ether oxygens (including phenoxy) is 1. The molecule has 0 aliphatic rings. The van der Waals surface area contributed by atoms with Crippen LogP contribution >= 0.6 is 0 Å². The predicted octanol–water partition coefficient (Wildman–Crippen LogP) is 3.57. The molecule has 0 N–H and O–H groups in total. The lowest BCUT2D eigenvalue weighted by atomic mass is 10.0. The number of aryl methyl sites for hydroxylation is 1. The van der Waals surface area contributed by atoms with Crippen LogP contribution in [0.2, 0.25) is 0 Å². The van der Waals surface area contributed by atoms with Crippen LogP contribution in [-0.4, -0.2) is 25.3 Å². The molecule has 2 aromatic carbocycles. The maximum absolute atomic E-state index is 13.4. The van der Waals surface area contributed by atoms with Gasteiger partial charge in [-0.05, 0) is 42.7 Å². The van der Waals surface area contributed by atoms with Crippen molar-refractivity contribution in [1.29, 1.82) is 0 Å². The molecule has 0 saturated heterocycles. The summed E-state index contributed by atoms with van der Waals surface area (Å²) in [5, 5.41) is 0. The second-order valence-corrected chi connectivity index (χ2v) is 7.69. The number of rotatable bonds is 7. The van der Waals surface area contributed by atoms with Crippen LogP contribution < -0.4 is 16.0 Å². The van der Waals surface area contributed by atoms with Gasteiger partial charge in [-0.2, -0.15) is 0 Å². The molecular formula is C24H26N4O3. The first kappa shape index (κ1) is 20.7. The van der Waals surface area contributed by atoms with Crippen molar-refractivity contribution in [2.24, 2.45) is 0 Å². The van der Waals surface area contributed by atoms with Crippen LogP contribution in [0, 0.1) is 0 Å². The number of hydrogen-bond donors (Lipinski definition) is 0. The smallest absolute Gasteiger partial charge is 0.337 e. The molecule has 0 bridgehead atoms. The number of hydrogen-bond acceptors (Lipinski definition) is 4. The van der Waals surface area contributed by atoms with E-state index in [1.807, 2.05) is 61.5 Å². The molecule has 0 saturated carbocycles. The van der Waals surface area contributed by atoms with E-state index in [2.05, 4.69) is 18.8 Å². The zero-order valence-electron chi connectivity index (χ0n) is 18.0. The fraction of sp³-hybridized carbons (Fsp3) is 0.292. The molecule has 2 aromatic heterocycles. The van der Waals surface area contributed by atoms with Gasteiger partial charge in [-0.15, -0.1) is 0 Å². The minimum absolute atomic E-state index is 0.140. The molecule has 4 rings (SSSR count). The Morgan fingerprint density at radius 2 is 1.71 bits per heavy atom. The number of fused-ring (bicyclic) bond motifs is 1. The Hall–Kier alpha value is -3.61. The van der Waals surface area contributed by atoms with Gasteiger partial charge in [-0.1, -0.05) is 44.2 Å². The van der Waals surface area contributed by atoms with Crippen LogP contribution in [0.3, 0.4) is 0 Å². The Kier molecular flexibility index (Phi) is 5.75. The van der Waals surface area contributed by atoms with E-state index in [0.717, 1.165) is 0 Å². The van der Waals surface area contributed by atoms with Gasteiger partial charge in [0.1, 0.15) is 12.4 Å². The molecule has 7 nitrogen and oxygen atoms in total. The normalized spacial score (nSPS) is 11.4. The average molecular weight is 418 g/mol. The van der Waals surface area contributed by atoms with Crippen molar-refractivity contribution in [2.75, 3.05) is 6.61 Å². The largest absolute Gasteiger partial charge is 0.492 e. The van der Waals surface area contributed by atoms with E-state index in [9.17, 15) is 9.59 Å². The Morgan fingerprint density at radius 3 is 2.35 bits per heavy atom. The van der Waals surface area contributed by atoms with Crippen LogP contribution in [0.15, 0.2) is 70.5 Å². The maximum Gasteiger partial charge on any atom is 0.337 e. The Morgan fingerprint density at radius 1 is 1.00 bits per heavy atom. The SMILES string of the molecule is CCn1cnc2c1c(=O)n(CCOc1ccccc1)c(=O)n2-c1ccc(C(C)C)cc1. The molecule has 0 unspecified atom stereocenters. The second kappa shape index (κ2) is 8.63. The Balaban J connectivity index is 1.80. The lowest BCUT2D eigenvalue weighted by Crippen LogP contribution is -2.41. The molecule has 0 fully saturated rings. The third-order valence-electron chi connectivity index (χ3n) is 5.39. The van der Waals surface area contributed by atoms with Gasteiger partial charge in [0.2, 0.25) is 0 Å². The minimum Gasteiger partial charge on any atom is -0.492 e. The Bertz CT molecular complexity index is 1300. The average Bonchev–Trinajstić information content (AvgIpc) is 3.21. The molecule has 2 heterocycles. The molecule has 0 aliphatic carbocycles. The van der Waals surface area contributed by atoms with Crippen molar-refractivity contribution in [3.05, 3.63) is 87.3 Å². The van der Waals surface area contributed by atoms with Crippen LogP contribution in [0.1, 0.15) is 32.3 Å². The van der Waals surface area contributed by atoms with Crippen molar-refractivity contribution in [2.45, 2.75) is 39.8 Å². The number of nitrogens with zero attached hydrogens (tertiary/aromatic N) is 4. The fourth-order valence-corrected chi connectivity index (χ4v) is 3.63. The van der Waals surface area contributed by atoms with Gasteiger partial charge in [-0.25, -0.2) is 14.3 Å². The molecule has 0 spiro atoms. The van der Waals surface area contributed by atoms with E-state index in [1.54, 1.807) is 10.9 Å². The standard InChI is InChI=1S/C24H26N4O3/c1-4-26-16-25-22-21(26)23(29)27(14-15-31-20-8-6-5-7-9-20)24(30)28(22)19-12-10-18(11-13-19)17(2)3/h5-13,16-17H,4,14-15H2,1-3H3. The van der Waals surface area contributed by atoms with Gasteiger partial charge in [-0.3, -0.25) is 9.36 Å². The summed E-state index contributed by atoms with van der Waals surface area (Å²) in [4.78, 5) is 31.0. The number of benzene rings is 2. The summed E-state index contributed by atoms with van der Waals surface area (Å²) in [7, 11) is 0. The van der Waals surface area contributed by atoms with Gasteiger partial charge in [0.15, 0.2) is 11.2 Å². The van der Waals surface area contributed by atoms with Crippen LogP contribution in [-0.2, 0) is 13.1 Å². The van der Waals surface area contributed by atoms with E-state index in [4.69, 9.17) is 4.74 Å². The lowest BCUT2D eigenvalue weighted by molar-refractivity contribution is 0.293. The molecule has 0 radical (unpaired) electrons. The second-order valence-electron chi connectivity index (χ2n) is 7.69. The highest BCUT2D eigenvalue weighted by atomic mass is 16.5. The third-order valence-corrected chi connectivity index (χ3v) is 5.39. The molecular weight excluding hydrogens is 392 g/mol. The highest BCUT2D eigenvalue weighted by Crippen LogP contribution is 2.18. The van der Waals surface area contributed by atoms with Gasteiger partial charge < -0.3 is 9.30 Å². The van der Waals surface area contributed by atoms with Crippen molar-refractivity contribution in [3.8, 4) is 11.4 Å². The zero-order chi connectivity index (χ0) is 22.0. The van der Waals surface area contributed by atoms with Crippen molar-refractivity contribution >= 4 is 11.2 Å². The van der Waals surface area contributed by atoms with Crippen LogP contribution in [0.25, 0.3) is 16.9 Å². The number of imidazole rings is 1. The summed E-state index contributed by atoms with van der Waals surface area (Å²) in [6.45, 7) is 7.11. The van der Waals surface area contributed by atoms with Gasteiger partial charge >= 0.3 is 5.69 Å². The highest BCUT2D eigenvalue weighted by Gasteiger charge is 2.19. The summed E-state index contributed by atoms with van der Waals surface area (Å²) >= 11 is 0. The lowest BCUT2D eigenvalue weighted by Gasteiger charge is -2.14. The zero-order valence-corrected chi connectivity index (χ0v) is 18.0. The monoisotopic (exact) mass is 418 g/mol. The summed E-state index contributed by atoms with van der Waals surface area (Å²) in [6.07, 6.45) is 1.61. The maximum atomic E-state index is 13.4. The molecule has 4 aromatic rings. The van der Waals surface area contributed by atoms with Crippen molar-refractivity contribution < 1.29 is 4.74 Å². The van der Waals surface area contributed by atoms with E-state index < -0.39 is 5.69 Å². The van der Waals surface area contributed by atoms with Crippen LogP contribution in [0.4, 0.5) is 0 Å². The first-order chi connectivity index (χ1) is 15.0. The summed E-state index contributed by atoms with van der Waals surface area (Å²) in [6, 6.07) is 17.1.